The summed E-state index contributed by atoms with van der Waals surface area (Å²) in [7, 11) is 2.56. The van der Waals surface area contributed by atoms with Gasteiger partial charge in [-0.25, -0.2) is 0 Å². The summed E-state index contributed by atoms with van der Waals surface area (Å²) in [6.45, 7) is 0.816. The molecule has 0 fully saturated rings. The SMILES string of the molecule is COC(=O)C1(C(=O)OC)CNCCc2c1[nH]c1ccccc21. The molecule has 0 saturated carbocycles. The Kier molecular flexibility index (Phi) is 3.62. The maximum atomic E-state index is 12.5. The largest absolute Gasteiger partial charge is 0.468 e. The number of aromatic amines is 1. The second kappa shape index (κ2) is 5.46. The predicted octanol–water partition coefficient (Wildman–Crippen LogP) is 0.897. The first-order valence-electron chi connectivity index (χ1n) is 7.12. The van der Waals surface area contributed by atoms with Crippen LogP contribution >= 0.6 is 0 Å². The summed E-state index contributed by atoms with van der Waals surface area (Å²) in [5.74, 6) is -1.25. The van der Waals surface area contributed by atoms with E-state index in [9.17, 15) is 9.59 Å². The van der Waals surface area contributed by atoms with Gasteiger partial charge in [-0.05, 0) is 24.6 Å². The monoisotopic (exact) mass is 302 g/mol. The van der Waals surface area contributed by atoms with E-state index in [-0.39, 0.29) is 6.54 Å². The van der Waals surface area contributed by atoms with Gasteiger partial charge in [-0.2, -0.15) is 0 Å². The number of para-hydroxylation sites is 1. The molecule has 6 heteroatoms. The molecule has 0 aliphatic carbocycles. The highest BCUT2D eigenvalue weighted by Crippen LogP contribution is 2.35. The van der Waals surface area contributed by atoms with Crippen molar-refractivity contribution in [3.63, 3.8) is 0 Å². The van der Waals surface area contributed by atoms with Crippen molar-refractivity contribution in [3.8, 4) is 0 Å². The zero-order valence-electron chi connectivity index (χ0n) is 12.6. The van der Waals surface area contributed by atoms with Gasteiger partial charge in [0.25, 0.3) is 0 Å². The third kappa shape index (κ3) is 1.91. The molecular formula is C16H18N2O4. The Labute approximate surface area is 127 Å². The van der Waals surface area contributed by atoms with Crippen LogP contribution in [0.2, 0.25) is 0 Å². The lowest BCUT2D eigenvalue weighted by Crippen LogP contribution is -2.52. The van der Waals surface area contributed by atoms with Crippen LogP contribution in [0.4, 0.5) is 0 Å². The van der Waals surface area contributed by atoms with E-state index in [1.165, 1.54) is 14.2 Å². The number of nitrogens with one attached hydrogen (secondary N) is 2. The second-order valence-electron chi connectivity index (χ2n) is 5.34. The van der Waals surface area contributed by atoms with E-state index in [1.807, 2.05) is 24.3 Å². The molecule has 0 atom stereocenters. The van der Waals surface area contributed by atoms with E-state index >= 15 is 0 Å². The lowest BCUT2D eigenvalue weighted by molar-refractivity contribution is -0.161. The molecule has 0 spiro atoms. The smallest absolute Gasteiger partial charge is 0.330 e. The Bertz CT molecular complexity index is 719. The van der Waals surface area contributed by atoms with Gasteiger partial charge < -0.3 is 19.8 Å². The van der Waals surface area contributed by atoms with E-state index < -0.39 is 17.4 Å². The highest BCUT2D eigenvalue weighted by Gasteiger charge is 2.53. The number of benzene rings is 1. The number of hydrogen-bond donors (Lipinski definition) is 2. The number of esters is 2. The molecule has 2 N–H and O–H groups in total. The second-order valence-corrected chi connectivity index (χ2v) is 5.34. The number of hydrogen-bond acceptors (Lipinski definition) is 5. The van der Waals surface area contributed by atoms with E-state index in [0.29, 0.717) is 12.2 Å². The maximum absolute atomic E-state index is 12.5. The van der Waals surface area contributed by atoms with Crippen molar-refractivity contribution < 1.29 is 19.1 Å². The lowest BCUT2D eigenvalue weighted by atomic mass is 9.82. The number of rotatable bonds is 2. The third-order valence-electron chi connectivity index (χ3n) is 4.25. The average Bonchev–Trinajstić information content (AvgIpc) is 2.82. The van der Waals surface area contributed by atoms with Crippen LogP contribution < -0.4 is 5.32 Å². The molecule has 3 rings (SSSR count). The van der Waals surface area contributed by atoms with Gasteiger partial charge in [0, 0.05) is 23.1 Å². The fourth-order valence-corrected chi connectivity index (χ4v) is 3.18. The fourth-order valence-electron chi connectivity index (χ4n) is 3.18. The Balaban J connectivity index is 2.32. The standard InChI is InChI=1S/C16H18N2O4/c1-21-14(19)16(15(20)22-2)9-17-8-7-11-10-5-3-4-6-12(10)18-13(11)16/h3-6,17-18H,7-9H2,1-2H3. The van der Waals surface area contributed by atoms with Crippen molar-refractivity contribution in [2.45, 2.75) is 11.8 Å². The van der Waals surface area contributed by atoms with Gasteiger partial charge in [0.15, 0.2) is 0 Å². The Hall–Kier alpha value is -2.34. The van der Waals surface area contributed by atoms with Gasteiger partial charge in [-0.1, -0.05) is 18.2 Å². The number of H-pyrrole nitrogens is 1. The minimum Gasteiger partial charge on any atom is -0.468 e. The number of ether oxygens (including phenoxy) is 2. The molecule has 2 aromatic rings. The summed E-state index contributed by atoms with van der Waals surface area (Å²) in [5.41, 5.74) is 0.911. The summed E-state index contributed by atoms with van der Waals surface area (Å²) >= 11 is 0. The molecule has 2 heterocycles. The summed E-state index contributed by atoms with van der Waals surface area (Å²) in [6, 6.07) is 7.76. The highest BCUT2D eigenvalue weighted by atomic mass is 16.5. The number of fused-ring (bicyclic) bond motifs is 3. The van der Waals surface area contributed by atoms with Gasteiger partial charge in [0.2, 0.25) is 5.41 Å². The molecule has 1 aromatic heterocycles. The topological polar surface area (TPSA) is 80.4 Å². The molecule has 0 radical (unpaired) electrons. The lowest BCUT2D eigenvalue weighted by Gasteiger charge is -2.27. The zero-order valence-corrected chi connectivity index (χ0v) is 12.6. The Morgan fingerprint density at radius 3 is 2.50 bits per heavy atom. The number of carbonyl (C=O) groups is 2. The fraction of sp³-hybridized carbons (Fsp3) is 0.375. The van der Waals surface area contributed by atoms with Gasteiger partial charge in [-0.15, -0.1) is 0 Å². The van der Waals surface area contributed by atoms with Crippen LogP contribution in [0, 0.1) is 0 Å². The van der Waals surface area contributed by atoms with Crippen molar-refractivity contribution in [1.82, 2.24) is 10.3 Å². The van der Waals surface area contributed by atoms with Crippen LogP contribution in [-0.4, -0.2) is 44.2 Å². The highest BCUT2D eigenvalue weighted by molar-refractivity contribution is 6.08. The van der Waals surface area contributed by atoms with Gasteiger partial charge in [-0.3, -0.25) is 9.59 Å². The molecule has 6 nitrogen and oxygen atoms in total. The van der Waals surface area contributed by atoms with E-state index in [2.05, 4.69) is 10.3 Å². The molecule has 22 heavy (non-hydrogen) atoms. The molecule has 1 aliphatic heterocycles. The molecule has 116 valence electrons. The Morgan fingerprint density at radius 2 is 1.82 bits per heavy atom. The van der Waals surface area contributed by atoms with Crippen LogP contribution in [0.5, 0.6) is 0 Å². The van der Waals surface area contributed by atoms with Crippen LogP contribution in [0.25, 0.3) is 10.9 Å². The number of carbonyl (C=O) groups excluding carboxylic acids is 2. The first-order chi connectivity index (χ1) is 10.6. The van der Waals surface area contributed by atoms with Crippen molar-refractivity contribution in [2.24, 2.45) is 0 Å². The minimum absolute atomic E-state index is 0.145. The molecule has 0 saturated heterocycles. The Morgan fingerprint density at radius 1 is 1.14 bits per heavy atom. The number of methoxy groups -OCH3 is 2. The predicted molar refractivity (Wildman–Crippen MR) is 80.6 cm³/mol. The molecular weight excluding hydrogens is 284 g/mol. The molecule has 0 bridgehead atoms. The summed E-state index contributed by atoms with van der Waals surface area (Å²) < 4.78 is 9.85. The van der Waals surface area contributed by atoms with Crippen LogP contribution in [-0.2, 0) is 30.9 Å². The van der Waals surface area contributed by atoms with Gasteiger partial charge in [0.05, 0.1) is 14.2 Å². The average molecular weight is 302 g/mol. The van der Waals surface area contributed by atoms with E-state index in [0.717, 1.165) is 22.9 Å². The molecule has 1 aliphatic rings. The van der Waals surface area contributed by atoms with Crippen LogP contribution in [0.3, 0.4) is 0 Å². The molecule has 0 amide bonds. The van der Waals surface area contributed by atoms with Crippen LogP contribution in [0.15, 0.2) is 24.3 Å². The van der Waals surface area contributed by atoms with Crippen molar-refractivity contribution >= 4 is 22.8 Å². The minimum atomic E-state index is -1.51. The summed E-state index contributed by atoms with van der Waals surface area (Å²) in [4.78, 5) is 28.2. The van der Waals surface area contributed by atoms with Gasteiger partial charge in [0.1, 0.15) is 0 Å². The number of aromatic nitrogens is 1. The normalized spacial score (nSPS) is 16.6. The van der Waals surface area contributed by atoms with Crippen molar-refractivity contribution in [1.29, 1.82) is 0 Å². The summed E-state index contributed by atoms with van der Waals surface area (Å²) in [6.07, 6.45) is 0.717. The quantitative estimate of drug-likeness (QED) is 0.636. The van der Waals surface area contributed by atoms with E-state index in [1.54, 1.807) is 0 Å². The first-order valence-corrected chi connectivity index (χ1v) is 7.12. The van der Waals surface area contributed by atoms with Crippen LogP contribution in [0.1, 0.15) is 11.3 Å². The van der Waals surface area contributed by atoms with Crippen molar-refractivity contribution in [3.05, 3.63) is 35.5 Å². The summed E-state index contributed by atoms with van der Waals surface area (Å²) in [5, 5.41) is 4.16. The molecule has 1 aromatic carbocycles. The maximum Gasteiger partial charge on any atom is 0.330 e. The first kappa shape index (κ1) is 14.6. The molecule has 0 unspecified atom stereocenters. The van der Waals surface area contributed by atoms with Crippen molar-refractivity contribution in [2.75, 3.05) is 27.3 Å². The third-order valence-corrected chi connectivity index (χ3v) is 4.25. The van der Waals surface area contributed by atoms with E-state index in [4.69, 9.17) is 9.47 Å². The van der Waals surface area contributed by atoms with Gasteiger partial charge >= 0.3 is 11.9 Å². The zero-order chi connectivity index (χ0) is 15.7.